The summed E-state index contributed by atoms with van der Waals surface area (Å²) in [6.07, 6.45) is -3.62. The van der Waals surface area contributed by atoms with E-state index in [0.717, 1.165) is 24.5 Å². The minimum atomic E-state index is -4.63. The number of ether oxygens (including phenoxy) is 2. The molecule has 0 aliphatic carbocycles. The van der Waals surface area contributed by atoms with E-state index >= 15 is 0 Å². The molecular formula is C19H15ClF3N5O4. The topological polar surface area (TPSA) is 111 Å². The van der Waals surface area contributed by atoms with Crippen molar-refractivity contribution < 1.29 is 27.6 Å². The molecule has 0 amide bonds. The highest BCUT2D eigenvalue weighted by Crippen LogP contribution is 2.39. The third-order valence-corrected chi connectivity index (χ3v) is 4.54. The normalized spacial score (nSPS) is 11.1. The van der Waals surface area contributed by atoms with Gasteiger partial charge in [-0.15, -0.1) is 0 Å². The maximum Gasteiger partial charge on any atom is 0.416 e. The molecule has 0 aliphatic heterocycles. The zero-order valence-corrected chi connectivity index (χ0v) is 17.3. The Morgan fingerprint density at radius 3 is 2.22 bits per heavy atom. The summed E-state index contributed by atoms with van der Waals surface area (Å²) in [4.78, 5) is 18.7. The van der Waals surface area contributed by atoms with Crippen molar-refractivity contribution in [3.8, 4) is 11.5 Å². The quantitative estimate of drug-likeness (QED) is 0.341. The van der Waals surface area contributed by atoms with Crippen molar-refractivity contribution >= 4 is 40.3 Å². The molecular weight excluding hydrogens is 455 g/mol. The maximum atomic E-state index is 13.0. The fraction of sp³-hybridized carbons (Fsp3) is 0.158. The summed E-state index contributed by atoms with van der Waals surface area (Å²) < 4.78 is 49.5. The van der Waals surface area contributed by atoms with Gasteiger partial charge in [0.25, 0.3) is 0 Å². The lowest BCUT2D eigenvalue weighted by atomic mass is 10.2. The molecule has 0 saturated heterocycles. The van der Waals surface area contributed by atoms with E-state index in [1.54, 1.807) is 18.2 Å². The fourth-order valence-electron chi connectivity index (χ4n) is 2.69. The minimum absolute atomic E-state index is 0.0859. The number of methoxy groups -OCH3 is 2. The van der Waals surface area contributed by atoms with Crippen molar-refractivity contribution in [2.45, 2.75) is 6.18 Å². The number of hydrogen-bond donors (Lipinski definition) is 2. The van der Waals surface area contributed by atoms with Crippen molar-refractivity contribution in [2.24, 2.45) is 0 Å². The molecule has 2 N–H and O–H groups in total. The number of nitrogens with one attached hydrogen (secondary N) is 2. The summed E-state index contributed by atoms with van der Waals surface area (Å²) >= 11 is 5.98. The first kappa shape index (κ1) is 22.9. The van der Waals surface area contributed by atoms with Crippen LogP contribution < -0.4 is 20.1 Å². The van der Waals surface area contributed by atoms with Gasteiger partial charge >= 0.3 is 11.9 Å². The van der Waals surface area contributed by atoms with Crippen LogP contribution in [-0.2, 0) is 6.18 Å². The molecule has 9 nitrogen and oxygen atoms in total. The van der Waals surface area contributed by atoms with Gasteiger partial charge in [-0.2, -0.15) is 13.2 Å². The molecule has 0 aliphatic rings. The second-order valence-corrected chi connectivity index (χ2v) is 6.59. The summed E-state index contributed by atoms with van der Waals surface area (Å²) in [6.45, 7) is 0. The number of nitro groups is 1. The summed E-state index contributed by atoms with van der Waals surface area (Å²) in [5.74, 6) is 0.221. The number of benzene rings is 2. The zero-order valence-electron chi connectivity index (χ0n) is 16.5. The van der Waals surface area contributed by atoms with Gasteiger partial charge in [0.1, 0.15) is 17.8 Å². The average molecular weight is 470 g/mol. The van der Waals surface area contributed by atoms with Crippen LogP contribution in [0.2, 0.25) is 5.02 Å². The fourth-order valence-corrected chi connectivity index (χ4v) is 2.85. The third-order valence-electron chi connectivity index (χ3n) is 4.21. The van der Waals surface area contributed by atoms with Gasteiger partial charge in [-0.25, -0.2) is 9.97 Å². The lowest BCUT2D eigenvalue weighted by molar-refractivity contribution is -0.383. The van der Waals surface area contributed by atoms with Crippen LogP contribution >= 0.6 is 11.6 Å². The Kier molecular flexibility index (Phi) is 6.53. The average Bonchev–Trinajstić information content (AvgIpc) is 2.74. The van der Waals surface area contributed by atoms with Crippen LogP contribution in [0.25, 0.3) is 0 Å². The molecule has 13 heteroatoms. The van der Waals surface area contributed by atoms with Gasteiger partial charge in [0, 0.05) is 6.07 Å². The predicted octanol–water partition coefficient (Wildman–Crippen LogP) is 5.56. The molecule has 1 aromatic heterocycles. The molecule has 1 heterocycles. The Labute approximate surface area is 184 Å². The van der Waals surface area contributed by atoms with E-state index in [1.807, 2.05) is 0 Å². The molecule has 168 valence electrons. The highest BCUT2D eigenvalue weighted by molar-refractivity contribution is 6.33. The van der Waals surface area contributed by atoms with Gasteiger partial charge < -0.3 is 20.1 Å². The molecule has 32 heavy (non-hydrogen) atoms. The van der Waals surface area contributed by atoms with Crippen LogP contribution in [0.4, 0.5) is 41.9 Å². The van der Waals surface area contributed by atoms with E-state index in [0.29, 0.717) is 17.2 Å². The number of hydrogen-bond acceptors (Lipinski definition) is 8. The smallest absolute Gasteiger partial charge is 0.416 e. The first-order valence-corrected chi connectivity index (χ1v) is 9.14. The van der Waals surface area contributed by atoms with Crippen molar-refractivity contribution in [1.82, 2.24) is 9.97 Å². The van der Waals surface area contributed by atoms with Crippen LogP contribution in [0.15, 0.2) is 42.7 Å². The Morgan fingerprint density at radius 2 is 1.66 bits per heavy atom. The molecule has 2 aromatic carbocycles. The molecule has 0 saturated carbocycles. The van der Waals surface area contributed by atoms with Crippen molar-refractivity contribution in [3.63, 3.8) is 0 Å². The Balaban J connectivity index is 2.03. The van der Waals surface area contributed by atoms with Crippen molar-refractivity contribution in [1.29, 1.82) is 0 Å². The minimum Gasteiger partial charge on any atom is -0.497 e. The molecule has 0 bridgehead atoms. The van der Waals surface area contributed by atoms with Gasteiger partial charge in [0.05, 0.1) is 41.1 Å². The number of nitrogens with zero attached hydrogens (tertiary/aromatic N) is 3. The summed E-state index contributed by atoms with van der Waals surface area (Å²) in [5.41, 5.74) is -1.48. The standard InChI is InChI=1S/C19H15ClF3N5O4/c1-31-11-4-6-13(15(8-11)32-2)26-17-16(28(29)30)18(25-9-24-17)27-14-7-10(19(21,22)23)3-5-12(14)20/h3-9H,1-2H3,(H2,24,25,26,27). The number of anilines is 4. The van der Waals surface area contributed by atoms with Crippen LogP contribution in [0.5, 0.6) is 11.5 Å². The molecule has 3 aromatic rings. The van der Waals surface area contributed by atoms with Crippen LogP contribution in [-0.4, -0.2) is 29.1 Å². The first-order chi connectivity index (χ1) is 15.1. The van der Waals surface area contributed by atoms with E-state index in [2.05, 4.69) is 20.6 Å². The van der Waals surface area contributed by atoms with Crippen LogP contribution in [0.3, 0.4) is 0 Å². The molecule has 3 rings (SSSR count). The molecule has 0 spiro atoms. The van der Waals surface area contributed by atoms with Crippen molar-refractivity contribution in [2.75, 3.05) is 24.9 Å². The predicted molar refractivity (Wildman–Crippen MR) is 111 cm³/mol. The number of aromatic nitrogens is 2. The van der Waals surface area contributed by atoms with Gasteiger partial charge in [-0.3, -0.25) is 10.1 Å². The van der Waals surface area contributed by atoms with Gasteiger partial charge in [-0.1, -0.05) is 11.6 Å². The van der Waals surface area contributed by atoms with Gasteiger partial charge in [-0.05, 0) is 30.3 Å². The number of rotatable bonds is 7. The van der Waals surface area contributed by atoms with E-state index < -0.39 is 22.4 Å². The Morgan fingerprint density at radius 1 is 1.00 bits per heavy atom. The van der Waals surface area contributed by atoms with Gasteiger partial charge in [0.2, 0.25) is 11.6 Å². The Hall–Kier alpha value is -3.80. The first-order valence-electron chi connectivity index (χ1n) is 8.76. The highest BCUT2D eigenvalue weighted by Gasteiger charge is 2.31. The number of alkyl halides is 3. The Bertz CT molecular complexity index is 1160. The second-order valence-electron chi connectivity index (χ2n) is 6.19. The summed E-state index contributed by atoms with van der Waals surface area (Å²) in [6, 6.07) is 7.26. The SMILES string of the molecule is COc1ccc(Nc2ncnc(Nc3cc(C(F)(F)F)ccc3Cl)c2[N+](=O)[O-])c(OC)c1. The maximum absolute atomic E-state index is 13.0. The molecule has 0 fully saturated rings. The van der Waals surface area contributed by atoms with E-state index in [9.17, 15) is 23.3 Å². The number of halogens is 4. The molecule has 0 radical (unpaired) electrons. The lowest BCUT2D eigenvalue weighted by Crippen LogP contribution is -2.08. The summed E-state index contributed by atoms with van der Waals surface area (Å²) in [7, 11) is 2.87. The largest absolute Gasteiger partial charge is 0.497 e. The molecule has 0 unspecified atom stereocenters. The summed E-state index contributed by atoms with van der Waals surface area (Å²) in [5, 5.41) is 17.0. The highest BCUT2D eigenvalue weighted by atomic mass is 35.5. The van der Waals surface area contributed by atoms with E-state index in [-0.39, 0.29) is 22.3 Å². The van der Waals surface area contributed by atoms with E-state index in [1.165, 1.54) is 14.2 Å². The lowest BCUT2D eigenvalue weighted by Gasteiger charge is -2.14. The monoisotopic (exact) mass is 469 g/mol. The van der Waals surface area contributed by atoms with Crippen LogP contribution in [0.1, 0.15) is 5.56 Å². The van der Waals surface area contributed by atoms with Crippen molar-refractivity contribution in [3.05, 3.63) is 63.4 Å². The third kappa shape index (κ3) is 4.91. The molecule has 0 atom stereocenters. The van der Waals surface area contributed by atoms with Gasteiger partial charge in [0.15, 0.2) is 0 Å². The van der Waals surface area contributed by atoms with E-state index in [4.69, 9.17) is 21.1 Å². The van der Waals surface area contributed by atoms with Crippen LogP contribution in [0, 0.1) is 10.1 Å². The zero-order chi connectivity index (χ0) is 23.5. The second kappa shape index (κ2) is 9.14.